The third-order valence-corrected chi connectivity index (χ3v) is 0.365. The molecule has 0 bridgehead atoms. The van der Waals surface area contributed by atoms with Crippen LogP contribution in [0.3, 0.4) is 0 Å². The highest BCUT2D eigenvalue weighted by atomic mass is 31.1. The lowest BCUT2D eigenvalue weighted by atomic mass is 11.0. The fourth-order valence-electron chi connectivity index (χ4n) is 0. The van der Waals surface area contributed by atoms with Crippen LogP contribution in [0.15, 0.2) is 0 Å². The van der Waals surface area contributed by atoms with Crippen molar-refractivity contribution in [1.29, 1.82) is 0 Å². The van der Waals surface area contributed by atoms with Crippen LogP contribution in [0.5, 0.6) is 0 Å². The Hall–Kier alpha value is -0.0400. The molecule has 10 heteroatoms. The third kappa shape index (κ3) is 51.0. The highest BCUT2D eigenvalue weighted by Gasteiger charge is 1.81. The highest BCUT2D eigenvalue weighted by molar-refractivity contribution is 7.30. The molecule has 0 aliphatic carbocycles. The molecule has 74 valence electrons. The van der Waals surface area contributed by atoms with E-state index in [0.717, 1.165) is 0 Å². The first kappa shape index (κ1) is 17.9. The molecule has 0 aliphatic rings. The predicted octanol–water partition coefficient (Wildman–Crippen LogP) is -2.38. The minimum absolute atomic E-state index is 2.00. The predicted molar refractivity (Wildman–Crippen MR) is 28.7 cm³/mol. The van der Waals surface area contributed by atoms with Crippen LogP contribution in [-0.2, 0) is 18.5 Å². The van der Waals surface area contributed by atoms with Crippen LogP contribution in [0, 0.1) is 0 Å². The lowest BCUT2D eigenvalue weighted by Gasteiger charge is -1.84. The molecule has 0 aromatic rings. The van der Waals surface area contributed by atoms with Crippen LogP contribution in [0.1, 0.15) is 13.8 Å². The van der Waals surface area contributed by atoms with Gasteiger partial charge in [0.15, 0.2) is 0 Å². The molecule has 2 unspecified atom stereocenters. The monoisotopic (exact) mass is 220 g/mol. The molecule has 0 aromatic heterocycles. The fourth-order valence-corrected chi connectivity index (χ4v) is 0. The second-order valence-corrected chi connectivity index (χ2v) is 1.79. The van der Waals surface area contributed by atoms with E-state index in [2.05, 4.69) is 9.35 Å². The summed E-state index contributed by atoms with van der Waals surface area (Å²) in [6, 6.07) is 0. The molecule has 8 nitrogen and oxygen atoms in total. The maximum atomic E-state index is 8.87. The zero-order valence-corrected chi connectivity index (χ0v) is 7.95. The zero-order chi connectivity index (χ0) is 10.6. The average molecular weight is 220 g/mol. The molecule has 12 heavy (non-hydrogen) atoms. The molecular weight excluding hydrogens is 214 g/mol. The maximum Gasteiger partial charge on any atom is 0.479 e. The zero-order valence-electron chi connectivity index (χ0n) is 6.16. The van der Waals surface area contributed by atoms with Gasteiger partial charge in [0.2, 0.25) is 0 Å². The first-order chi connectivity index (χ1) is 5.54. The lowest BCUT2D eigenvalue weighted by Crippen LogP contribution is -2.01. The molecule has 0 heterocycles. The smallest absolute Gasteiger partial charge is 0.479 e. The summed E-state index contributed by atoms with van der Waals surface area (Å²) in [6.45, 7) is 4.00. The van der Waals surface area contributed by atoms with Crippen molar-refractivity contribution in [2.75, 3.05) is 0 Å². The first-order valence-electron chi connectivity index (χ1n) is 2.43. The Morgan fingerprint density at radius 2 is 1.00 bits per heavy atom. The molecule has 0 amide bonds. The summed E-state index contributed by atoms with van der Waals surface area (Å²) < 4.78 is 22.6. The Morgan fingerprint density at radius 1 is 0.917 bits per heavy atom. The molecule has 2 atom stereocenters. The van der Waals surface area contributed by atoms with Crippen LogP contribution in [0.4, 0.5) is 0 Å². The van der Waals surface area contributed by atoms with Gasteiger partial charge in [0.1, 0.15) is 0 Å². The Balaban J connectivity index is -0.000000112. The van der Waals surface area contributed by atoms with Gasteiger partial charge >= 0.3 is 16.5 Å². The molecule has 0 fully saturated rings. The largest absolute Gasteiger partial charge is 0.674 e. The van der Waals surface area contributed by atoms with E-state index in [9.17, 15) is 0 Å². The van der Waals surface area contributed by atoms with E-state index >= 15 is 0 Å². The van der Waals surface area contributed by atoms with Gasteiger partial charge in [-0.15, -0.1) is 0 Å². The van der Waals surface area contributed by atoms with Crippen molar-refractivity contribution in [2.45, 2.75) is 13.8 Å². The molecule has 0 aromatic carbocycles. The van der Waals surface area contributed by atoms with Crippen molar-refractivity contribution in [3.05, 3.63) is 0 Å². The van der Waals surface area contributed by atoms with Gasteiger partial charge in [-0.25, -0.2) is 9.35 Å². The van der Waals surface area contributed by atoms with Crippen molar-refractivity contribution in [2.24, 2.45) is 0 Å². The maximum absolute atomic E-state index is 8.87. The van der Waals surface area contributed by atoms with Gasteiger partial charge in [-0.3, -0.25) is 0 Å². The topological polar surface area (TPSA) is 145 Å². The van der Waals surface area contributed by atoms with E-state index in [0.29, 0.717) is 0 Å². The van der Waals surface area contributed by atoms with Gasteiger partial charge in [-0.2, -0.15) is 0 Å². The summed E-state index contributed by atoms with van der Waals surface area (Å²) in [4.78, 5) is 17.7. The van der Waals surface area contributed by atoms with E-state index in [1.165, 1.54) is 0 Å². The molecule has 0 rings (SSSR count). The third-order valence-electron chi connectivity index (χ3n) is 0.122. The van der Waals surface area contributed by atoms with E-state index < -0.39 is 16.5 Å². The molecule has 0 N–H and O–H groups in total. The minimum atomic E-state index is -3.15. The normalized spacial score (nSPS) is 9.83. The molecule has 0 saturated heterocycles. The van der Waals surface area contributed by atoms with E-state index in [1.54, 1.807) is 0 Å². The molecule has 0 radical (unpaired) electrons. The van der Waals surface area contributed by atoms with Crippen LogP contribution in [0.25, 0.3) is 0 Å². The summed E-state index contributed by atoms with van der Waals surface area (Å²) in [7, 11) is -6.31. The average Bonchev–Trinajstić information content (AvgIpc) is 2.09. The fraction of sp³-hybridized carbons (Fsp3) is 1.00. The van der Waals surface area contributed by atoms with Gasteiger partial charge in [-0.1, -0.05) is 13.8 Å². The first-order valence-corrected chi connectivity index (χ1v) is 4.62. The van der Waals surface area contributed by atoms with Crippen LogP contribution < -0.4 is 20.3 Å². The highest BCUT2D eigenvalue weighted by Crippen LogP contribution is 1.99. The summed E-state index contributed by atoms with van der Waals surface area (Å²) in [5.74, 6) is 0. The lowest BCUT2D eigenvalue weighted by molar-refractivity contribution is -0.644. The summed E-state index contributed by atoms with van der Waals surface area (Å²) in [5, 5.41) is 17.1. The number of rotatable bonds is 2. The van der Waals surface area contributed by atoms with Gasteiger partial charge in [-0.05, 0) is 9.13 Å². The Kier molecular flexibility index (Phi) is 25.6. The van der Waals surface area contributed by atoms with Crippen LogP contribution in [0.2, 0.25) is 0 Å². The Labute approximate surface area is 70.1 Å². The SMILES string of the molecule is CC.O=[P+]([O-])O[O-].O=[P+]([O-])O[O-]. The van der Waals surface area contributed by atoms with Crippen molar-refractivity contribution in [3.8, 4) is 0 Å². The second kappa shape index (κ2) is 17.2. The summed E-state index contributed by atoms with van der Waals surface area (Å²) in [6.07, 6.45) is 0. The molecule has 0 aliphatic heterocycles. The van der Waals surface area contributed by atoms with E-state index in [-0.39, 0.29) is 0 Å². The summed E-state index contributed by atoms with van der Waals surface area (Å²) in [5.41, 5.74) is 0. The Morgan fingerprint density at radius 3 is 1.00 bits per heavy atom. The number of hydrogen-bond acceptors (Lipinski definition) is 8. The summed E-state index contributed by atoms with van der Waals surface area (Å²) >= 11 is 0. The van der Waals surface area contributed by atoms with Gasteiger partial charge in [0.05, 0.1) is 0 Å². The quantitative estimate of drug-likeness (QED) is 0.284. The Bertz CT molecular complexity index is 99.6. The van der Waals surface area contributed by atoms with Crippen molar-refractivity contribution in [3.63, 3.8) is 0 Å². The minimum Gasteiger partial charge on any atom is -0.674 e. The van der Waals surface area contributed by atoms with Crippen molar-refractivity contribution < 1.29 is 38.8 Å². The van der Waals surface area contributed by atoms with Crippen LogP contribution >= 0.6 is 16.5 Å². The molecule has 0 saturated carbocycles. The van der Waals surface area contributed by atoms with E-state index in [4.69, 9.17) is 29.4 Å². The van der Waals surface area contributed by atoms with Crippen LogP contribution in [-0.4, -0.2) is 0 Å². The van der Waals surface area contributed by atoms with Gasteiger partial charge in [0, 0.05) is 0 Å². The van der Waals surface area contributed by atoms with E-state index in [1.807, 2.05) is 13.8 Å². The van der Waals surface area contributed by atoms with Crippen molar-refractivity contribution in [1.82, 2.24) is 0 Å². The number of hydrogen-bond donors (Lipinski definition) is 0. The molecular formula is C2H6O8P2-2. The standard InChI is InChI=1S/C2H6.2HO4P/c1-2;2*1-4-5(2)3/h1-2H3;2*1H/p-2. The van der Waals surface area contributed by atoms with Crippen molar-refractivity contribution >= 4 is 16.5 Å². The van der Waals surface area contributed by atoms with Gasteiger partial charge < -0.3 is 20.3 Å². The second-order valence-electron chi connectivity index (χ2n) is 0.596. The van der Waals surface area contributed by atoms with Gasteiger partial charge in [0.25, 0.3) is 0 Å². The molecule has 0 spiro atoms.